The van der Waals surface area contributed by atoms with Gasteiger partial charge in [0, 0.05) is 11.0 Å². The van der Waals surface area contributed by atoms with Gasteiger partial charge in [-0.25, -0.2) is 0 Å². The van der Waals surface area contributed by atoms with Crippen LogP contribution in [0.1, 0.15) is 44.4 Å². The minimum absolute atomic E-state index is 0.234. The third-order valence-electron chi connectivity index (χ3n) is 2.73. The van der Waals surface area contributed by atoms with Gasteiger partial charge in [-0.2, -0.15) is 0 Å². The molecule has 96 valence electrons. The van der Waals surface area contributed by atoms with E-state index in [-0.39, 0.29) is 6.10 Å². The van der Waals surface area contributed by atoms with E-state index in [2.05, 4.69) is 74.6 Å². The van der Waals surface area contributed by atoms with Crippen molar-refractivity contribution in [3.8, 4) is 0 Å². The van der Waals surface area contributed by atoms with E-state index in [1.807, 2.05) is 0 Å². The van der Waals surface area contributed by atoms with E-state index in [4.69, 9.17) is 4.74 Å². The molecule has 0 heterocycles. The molecular formula is C15H23IO. The molecule has 0 saturated heterocycles. The monoisotopic (exact) mass is 346 g/mol. The lowest BCUT2D eigenvalue weighted by Gasteiger charge is -2.21. The molecule has 1 atom stereocenters. The molecule has 1 nitrogen and oxygen atoms in total. The van der Waals surface area contributed by atoms with Crippen LogP contribution in [0.3, 0.4) is 0 Å². The molecule has 1 aromatic carbocycles. The van der Waals surface area contributed by atoms with Gasteiger partial charge >= 0.3 is 0 Å². The molecule has 0 saturated carbocycles. The number of hydrogen-bond donors (Lipinski definition) is 0. The molecule has 0 aliphatic carbocycles. The lowest BCUT2D eigenvalue weighted by atomic mass is 9.93. The Kier molecular flexibility index (Phi) is 5.93. The summed E-state index contributed by atoms with van der Waals surface area (Å²) >= 11 is 2.40. The smallest absolute Gasteiger partial charge is 0.0914 e. The first-order valence-electron chi connectivity index (χ1n) is 6.16. The topological polar surface area (TPSA) is 9.23 Å². The number of benzene rings is 1. The highest BCUT2D eigenvalue weighted by molar-refractivity contribution is 14.1. The Morgan fingerprint density at radius 2 is 2.00 bits per heavy atom. The first-order chi connectivity index (χ1) is 7.92. The van der Waals surface area contributed by atoms with E-state index in [1.54, 1.807) is 0 Å². The summed E-state index contributed by atoms with van der Waals surface area (Å²) in [6.07, 6.45) is 1.34. The van der Waals surface area contributed by atoms with Gasteiger partial charge in [0.1, 0.15) is 0 Å². The van der Waals surface area contributed by atoms with Crippen molar-refractivity contribution in [2.45, 2.75) is 40.2 Å². The third kappa shape index (κ3) is 5.87. The number of ether oxygens (including phenoxy) is 1. The van der Waals surface area contributed by atoms with Crippen molar-refractivity contribution < 1.29 is 4.74 Å². The summed E-state index contributed by atoms with van der Waals surface area (Å²) in [7, 11) is 0. The number of aryl methyl sites for hydroxylation is 1. The molecule has 1 aromatic rings. The first kappa shape index (κ1) is 15.0. The van der Waals surface area contributed by atoms with Crippen LogP contribution < -0.4 is 0 Å². The highest BCUT2D eigenvalue weighted by Crippen LogP contribution is 2.24. The molecule has 0 spiro atoms. The molecule has 2 heteroatoms. The Balaban J connectivity index is 2.54. The average Bonchev–Trinajstić information content (AvgIpc) is 2.23. The Morgan fingerprint density at radius 1 is 1.29 bits per heavy atom. The second-order valence-electron chi connectivity index (χ2n) is 5.74. The van der Waals surface area contributed by atoms with Crippen LogP contribution in [0.4, 0.5) is 0 Å². The summed E-state index contributed by atoms with van der Waals surface area (Å²) in [4.78, 5) is 0. The van der Waals surface area contributed by atoms with Crippen LogP contribution >= 0.6 is 22.6 Å². The summed E-state index contributed by atoms with van der Waals surface area (Å²) in [5, 5.41) is 0. The van der Waals surface area contributed by atoms with E-state index in [1.165, 1.54) is 11.1 Å². The zero-order chi connectivity index (χ0) is 12.9. The van der Waals surface area contributed by atoms with Crippen molar-refractivity contribution in [1.82, 2.24) is 0 Å². The van der Waals surface area contributed by atoms with E-state index in [0.29, 0.717) is 5.41 Å². The summed E-state index contributed by atoms with van der Waals surface area (Å²) in [5.74, 6) is 0. The van der Waals surface area contributed by atoms with Gasteiger partial charge in [0.2, 0.25) is 0 Å². The second kappa shape index (κ2) is 6.74. The number of rotatable bonds is 5. The minimum atomic E-state index is 0.234. The number of alkyl halides is 1. The van der Waals surface area contributed by atoms with Crippen molar-refractivity contribution in [2.75, 3.05) is 11.0 Å². The van der Waals surface area contributed by atoms with Crippen LogP contribution in [0.25, 0.3) is 0 Å². The molecular weight excluding hydrogens is 323 g/mol. The molecule has 0 aliphatic heterocycles. The SMILES string of the molecule is Cc1cccc(C(CI)OCCC(C)(C)C)c1. The summed E-state index contributed by atoms with van der Waals surface area (Å²) in [6.45, 7) is 9.72. The maximum absolute atomic E-state index is 6.00. The van der Waals surface area contributed by atoms with Gasteiger partial charge < -0.3 is 4.74 Å². The maximum atomic E-state index is 6.00. The highest BCUT2D eigenvalue weighted by atomic mass is 127. The summed E-state index contributed by atoms with van der Waals surface area (Å²) in [6, 6.07) is 8.62. The van der Waals surface area contributed by atoms with Gasteiger partial charge in [0.15, 0.2) is 0 Å². The molecule has 0 amide bonds. The predicted octanol–water partition coefficient (Wildman–Crippen LogP) is 4.92. The lowest BCUT2D eigenvalue weighted by Crippen LogP contribution is -2.13. The fourth-order valence-corrected chi connectivity index (χ4v) is 2.37. The number of hydrogen-bond acceptors (Lipinski definition) is 1. The summed E-state index contributed by atoms with van der Waals surface area (Å²) in [5.41, 5.74) is 2.95. The normalized spacial score (nSPS) is 13.7. The fourth-order valence-electron chi connectivity index (χ4n) is 1.61. The molecule has 1 rings (SSSR count). The van der Waals surface area contributed by atoms with E-state index in [9.17, 15) is 0 Å². The van der Waals surface area contributed by atoms with Crippen molar-refractivity contribution in [1.29, 1.82) is 0 Å². The Morgan fingerprint density at radius 3 is 2.53 bits per heavy atom. The third-order valence-corrected chi connectivity index (χ3v) is 3.53. The molecule has 17 heavy (non-hydrogen) atoms. The van der Waals surface area contributed by atoms with Crippen LogP contribution in [0.2, 0.25) is 0 Å². The maximum Gasteiger partial charge on any atom is 0.0914 e. The number of halogens is 1. The zero-order valence-corrected chi connectivity index (χ0v) is 13.5. The summed E-state index contributed by atoms with van der Waals surface area (Å²) < 4.78 is 7.01. The Bertz CT molecular complexity index is 341. The molecule has 0 aliphatic rings. The Labute approximate surface area is 119 Å². The molecule has 0 radical (unpaired) electrons. The van der Waals surface area contributed by atoms with Crippen molar-refractivity contribution in [2.24, 2.45) is 5.41 Å². The molecule has 0 aromatic heterocycles. The van der Waals surface area contributed by atoms with Gasteiger partial charge in [-0.15, -0.1) is 0 Å². The minimum Gasteiger partial charge on any atom is -0.373 e. The van der Waals surface area contributed by atoms with Gasteiger partial charge in [-0.05, 0) is 24.3 Å². The van der Waals surface area contributed by atoms with Crippen molar-refractivity contribution >= 4 is 22.6 Å². The molecule has 0 bridgehead atoms. The standard InChI is InChI=1S/C15H23IO/c1-12-6-5-7-13(10-12)14(11-16)17-9-8-15(2,3)4/h5-7,10,14H,8-9,11H2,1-4H3. The van der Waals surface area contributed by atoms with Crippen molar-refractivity contribution in [3.05, 3.63) is 35.4 Å². The van der Waals surface area contributed by atoms with Gasteiger partial charge in [-0.1, -0.05) is 73.2 Å². The molecule has 1 unspecified atom stereocenters. The van der Waals surface area contributed by atoms with E-state index >= 15 is 0 Å². The van der Waals surface area contributed by atoms with Crippen LogP contribution in [0.5, 0.6) is 0 Å². The fraction of sp³-hybridized carbons (Fsp3) is 0.600. The first-order valence-corrected chi connectivity index (χ1v) is 7.69. The zero-order valence-electron chi connectivity index (χ0n) is 11.3. The lowest BCUT2D eigenvalue weighted by molar-refractivity contribution is 0.0531. The van der Waals surface area contributed by atoms with Crippen LogP contribution in [0.15, 0.2) is 24.3 Å². The highest BCUT2D eigenvalue weighted by Gasteiger charge is 2.14. The Hall–Kier alpha value is -0.0900. The van der Waals surface area contributed by atoms with Gasteiger partial charge in [0.25, 0.3) is 0 Å². The van der Waals surface area contributed by atoms with Crippen LogP contribution in [-0.4, -0.2) is 11.0 Å². The molecule has 0 fully saturated rings. The van der Waals surface area contributed by atoms with Crippen molar-refractivity contribution in [3.63, 3.8) is 0 Å². The second-order valence-corrected chi connectivity index (χ2v) is 6.62. The van der Waals surface area contributed by atoms with Gasteiger partial charge in [-0.3, -0.25) is 0 Å². The van der Waals surface area contributed by atoms with Gasteiger partial charge in [0.05, 0.1) is 6.10 Å². The van der Waals surface area contributed by atoms with Crippen LogP contribution in [0, 0.1) is 12.3 Å². The van der Waals surface area contributed by atoms with E-state index < -0.39 is 0 Å². The predicted molar refractivity (Wildman–Crippen MR) is 82.8 cm³/mol. The average molecular weight is 346 g/mol. The van der Waals surface area contributed by atoms with E-state index in [0.717, 1.165) is 17.5 Å². The molecule has 0 N–H and O–H groups in total. The van der Waals surface area contributed by atoms with Crippen LogP contribution in [-0.2, 0) is 4.74 Å². The largest absolute Gasteiger partial charge is 0.373 e. The quantitative estimate of drug-likeness (QED) is 0.543.